The number of benzene rings is 1. The summed E-state index contributed by atoms with van der Waals surface area (Å²) in [5.41, 5.74) is 0.162. The van der Waals surface area contributed by atoms with Gasteiger partial charge in [0.15, 0.2) is 0 Å². The predicted octanol–water partition coefficient (Wildman–Crippen LogP) is 3.71. The number of fused-ring (bicyclic) bond motifs is 1. The van der Waals surface area contributed by atoms with Crippen molar-refractivity contribution in [1.29, 1.82) is 0 Å². The maximum atomic E-state index is 12.5. The number of alkyl halides is 1. The average molecular weight is 340 g/mol. The lowest BCUT2D eigenvalue weighted by molar-refractivity contribution is -0.532. The SMILES string of the molecule is C=C/C(Cl)=C(\C=C)C1Oc2ccccc2C(=O)C1(Cl)[N+](=O)[O-]. The minimum absolute atomic E-state index is 0.0450. The zero-order chi connectivity index (χ0) is 16.5. The van der Waals surface area contributed by atoms with Crippen LogP contribution in [0, 0.1) is 10.1 Å². The average Bonchev–Trinajstić information content (AvgIpc) is 2.52. The highest BCUT2D eigenvalue weighted by Crippen LogP contribution is 2.41. The second-order valence-electron chi connectivity index (χ2n) is 4.47. The highest BCUT2D eigenvalue weighted by atomic mass is 35.5. The molecule has 0 aromatic heterocycles. The van der Waals surface area contributed by atoms with Crippen LogP contribution in [0.15, 0.2) is 60.2 Å². The van der Waals surface area contributed by atoms with E-state index < -0.39 is 21.8 Å². The molecule has 0 bridgehead atoms. The van der Waals surface area contributed by atoms with E-state index in [2.05, 4.69) is 13.2 Å². The third kappa shape index (κ3) is 2.32. The Kier molecular flexibility index (Phi) is 4.39. The largest absolute Gasteiger partial charge is 0.475 e. The highest BCUT2D eigenvalue weighted by Gasteiger charge is 2.62. The van der Waals surface area contributed by atoms with Gasteiger partial charge >= 0.3 is 5.00 Å². The first kappa shape index (κ1) is 16.3. The fourth-order valence-electron chi connectivity index (χ4n) is 2.17. The van der Waals surface area contributed by atoms with E-state index in [0.29, 0.717) is 0 Å². The number of para-hydroxylation sites is 1. The summed E-state index contributed by atoms with van der Waals surface area (Å²) >= 11 is 12.1. The molecule has 0 N–H and O–H groups in total. The third-order valence-corrected chi connectivity index (χ3v) is 4.15. The number of allylic oxidation sites excluding steroid dienone is 2. The molecule has 5 nitrogen and oxygen atoms in total. The molecule has 1 aromatic carbocycles. The van der Waals surface area contributed by atoms with Gasteiger partial charge in [-0.1, -0.05) is 49.0 Å². The molecular formula is C15H11Cl2NO4. The van der Waals surface area contributed by atoms with Gasteiger partial charge in [-0.05, 0) is 23.7 Å². The summed E-state index contributed by atoms with van der Waals surface area (Å²) in [6.45, 7) is 7.04. The number of rotatable bonds is 4. The van der Waals surface area contributed by atoms with E-state index >= 15 is 0 Å². The quantitative estimate of drug-likeness (QED) is 0.275. The number of carbonyl (C=O) groups excluding carboxylic acids is 1. The molecule has 114 valence electrons. The summed E-state index contributed by atoms with van der Waals surface area (Å²) < 4.78 is 5.60. The first-order valence-corrected chi connectivity index (χ1v) is 6.92. The van der Waals surface area contributed by atoms with Crippen molar-refractivity contribution in [3.63, 3.8) is 0 Å². The van der Waals surface area contributed by atoms with Crippen LogP contribution in [-0.2, 0) is 0 Å². The second-order valence-corrected chi connectivity index (χ2v) is 5.45. The standard InChI is InChI=1S/C15H11Cl2NO4/c1-3-9(11(16)4-2)14-15(17,18(20)21)13(19)10-7-5-6-8-12(10)22-14/h3-8,14H,1-2H2/b11-9-. The number of hydrogen-bond donors (Lipinski definition) is 0. The van der Waals surface area contributed by atoms with Crippen molar-refractivity contribution in [3.8, 4) is 5.75 Å². The molecule has 0 aliphatic carbocycles. The Morgan fingerprint density at radius 3 is 2.55 bits per heavy atom. The fraction of sp³-hybridized carbons (Fsp3) is 0.133. The predicted molar refractivity (Wildman–Crippen MR) is 84.0 cm³/mol. The lowest BCUT2D eigenvalue weighted by atomic mass is 9.90. The molecule has 0 saturated carbocycles. The van der Waals surface area contributed by atoms with E-state index in [0.717, 1.165) is 0 Å². The molecular weight excluding hydrogens is 329 g/mol. The molecule has 1 aromatic rings. The van der Waals surface area contributed by atoms with Gasteiger partial charge in [-0.15, -0.1) is 0 Å². The molecule has 2 rings (SSSR count). The van der Waals surface area contributed by atoms with Crippen molar-refractivity contribution < 1.29 is 14.5 Å². The van der Waals surface area contributed by atoms with Crippen molar-refractivity contribution in [2.45, 2.75) is 11.1 Å². The fourth-order valence-corrected chi connectivity index (χ4v) is 2.61. The smallest absolute Gasteiger partial charge is 0.397 e. The lowest BCUT2D eigenvalue weighted by Crippen LogP contribution is -2.57. The molecule has 0 spiro atoms. The van der Waals surface area contributed by atoms with Gasteiger partial charge in [-0.2, -0.15) is 0 Å². The zero-order valence-electron chi connectivity index (χ0n) is 11.3. The Labute approximate surface area is 136 Å². The van der Waals surface area contributed by atoms with Gasteiger partial charge in [-0.25, -0.2) is 0 Å². The first-order valence-electron chi connectivity index (χ1n) is 6.16. The van der Waals surface area contributed by atoms with Gasteiger partial charge in [-0.3, -0.25) is 14.9 Å². The van der Waals surface area contributed by atoms with Crippen LogP contribution in [0.25, 0.3) is 0 Å². The Bertz CT molecular complexity index is 713. The third-order valence-electron chi connectivity index (χ3n) is 3.27. The van der Waals surface area contributed by atoms with Crippen LogP contribution >= 0.6 is 23.2 Å². The summed E-state index contributed by atoms with van der Waals surface area (Å²) in [6, 6.07) is 6.15. The molecule has 2 unspecified atom stereocenters. The van der Waals surface area contributed by atoms with Crippen LogP contribution in [0.4, 0.5) is 0 Å². The van der Waals surface area contributed by atoms with E-state index in [1.807, 2.05) is 0 Å². The Balaban J connectivity index is 2.72. The van der Waals surface area contributed by atoms with Crippen LogP contribution in [-0.4, -0.2) is 21.8 Å². The number of carbonyl (C=O) groups is 1. The number of ether oxygens (including phenoxy) is 1. The topological polar surface area (TPSA) is 69.4 Å². The van der Waals surface area contributed by atoms with Gasteiger partial charge in [0.25, 0.3) is 5.78 Å². The highest BCUT2D eigenvalue weighted by molar-refractivity contribution is 6.38. The normalized spacial score (nSPS) is 24.6. The van der Waals surface area contributed by atoms with Crippen molar-refractivity contribution in [2.24, 2.45) is 0 Å². The Hall–Kier alpha value is -2.11. The van der Waals surface area contributed by atoms with Crippen molar-refractivity contribution in [1.82, 2.24) is 0 Å². The lowest BCUT2D eigenvalue weighted by Gasteiger charge is -2.33. The van der Waals surface area contributed by atoms with Gasteiger partial charge in [0.05, 0.1) is 10.5 Å². The molecule has 0 fully saturated rings. The summed E-state index contributed by atoms with van der Waals surface area (Å²) in [7, 11) is 0. The number of nitrogens with zero attached hydrogens (tertiary/aromatic N) is 1. The molecule has 7 heteroatoms. The van der Waals surface area contributed by atoms with Crippen LogP contribution < -0.4 is 4.74 Å². The van der Waals surface area contributed by atoms with Gasteiger partial charge in [0.2, 0.25) is 6.10 Å². The minimum Gasteiger partial charge on any atom is -0.475 e. The number of hydrogen-bond acceptors (Lipinski definition) is 4. The van der Waals surface area contributed by atoms with Crippen LogP contribution in [0.5, 0.6) is 5.75 Å². The molecule has 1 heterocycles. The zero-order valence-corrected chi connectivity index (χ0v) is 12.8. The van der Waals surface area contributed by atoms with E-state index in [-0.39, 0.29) is 21.9 Å². The number of nitro groups is 1. The van der Waals surface area contributed by atoms with E-state index in [9.17, 15) is 14.9 Å². The number of Topliss-reactive ketones (excluding diaryl/α,β-unsaturated/α-hetero) is 1. The second kappa shape index (κ2) is 5.94. The summed E-state index contributed by atoms with van der Waals surface area (Å²) in [4.78, 5) is 20.6. The summed E-state index contributed by atoms with van der Waals surface area (Å²) in [5, 5.41) is 11.6. The molecule has 0 saturated heterocycles. The Morgan fingerprint density at radius 1 is 1.36 bits per heavy atom. The molecule has 0 amide bonds. The maximum Gasteiger partial charge on any atom is 0.397 e. The van der Waals surface area contributed by atoms with Gasteiger partial charge in [0, 0.05) is 10.6 Å². The molecule has 2 atom stereocenters. The minimum atomic E-state index is -2.53. The molecule has 1 aliphatic rings. The van der Waals surface area contributed by atoms with Crippen molar-refractivity contribution >= 4 is 29.0 Å². The van der Waals surface area contributed by atoms with Crippen LogP contribution in [0.2, 0.25) is 0 Å². The van der Waals surface area contributed by atoms with Crippen LogP contribution in [0.3, 0.4) is 0 Å². The van der Waals surface area contributed by atoms with Gasteiger partial charge in [0.1, 0.15) is 5.75 Å². The molecule has 22 heavy (non-hydrogen) atoms. The van der Waals surface area contributed by atoms with Gasteiger partial charge < -0.3 is 4.74 Å². The first-order chi connectivity index (χ1) is 10.4. The molecule has 0 radical (unpaired) electrons. The molecule has 1 aliphatic heterocycles. The Morgan fingerprint density at radius 2 is 2.00 bits per heavy atom. The summed E-state index contributed by atoms with van der Waals surface area (Å²) in [5.74, 6) is -0.664. The summed E-state index contributed by atoms with van der Waals surface area (Å²) in [6.07, 6.45) is 1.11. The maximum absolute atomic E-state index is 12.5. The van der Waals surface area contributed by atoms with E-state index in [4.69, 9.17) is 27.9 Å². The van der Waals surface area contributed by atoms with E-state index in [1.54, 1.807) is 12.1 Å². The van der Waals surface area contributed by atoms with Crippen molar-refractivity contribution in [3.05, 3.63) is 75.9 Å². The number of ketones is 1. The van der Waals surface area contributed by atoms with Crippen LogP contribution in [0.1, 0.15) is 10.4 Å². The monoisotopic (exact) mass is 339 g/mol. The number of halogens is 2. The van der Waals surface area contributed by atoms with E-state index in [1.165, 1.54) is 24.3 Å². The van der Waals surface area contributed by atoms with Crippen molar-refractivity contribution in [2.75, 3.05) is 0 Å².